The summed E-state index contributed by atoms with van der Waals surface area (Å²) in [5.41, 5.74) is 3.47. The summed E-state index contributed by atoms with van der Waals surface area (Å²) in [5, 5.41) is 0. The number of alkyl halides is 1. The molecule has 1 unspecified atom stereocenters. The zero-order valence-corrected chi connectivity index (χ0v) is 11.6. The van der Waals surface area contributed by atoms with E-state index in [-0.39, 0.29) is 4.83 Å². The van der Waals surface area contributed by atoms with E-state index in [1.807, 2.05) is 18.2 Å². The molecule has 98 valence electrons. The zero-order valence-electron chi connectivity index (χ0n) is 10.00. The van der Waals surface area contributed by atoms with Gasteiger partial charge in [-0.05, 0) is 34.9 Å². The second kappa shape index (κ2) is 5.02. The maximum Gasteiger partial charge on any atom is 0.128 e. The molecule has 2 aromatic rings. The number of hydrogen-bond acceptors (Lipinski definition) is 1. The Bertz CT molecular complexity index is 628. The minimum atomic E-state index is -0.439. The SMILES string of the molecule is Fc1ccc(F)c(C(Br)c2ccc3c(c2)COC3)c1. The first-order valence-electron chi connectivity index (χ1n) is 5.93. The highest BCUT2D eigenvalue weighted by Gasteiger charge is 2.18. The summed E-state index contributed by atoms with van der Waals surface area (Å²) in [6.07, 6.45) is 0. The molecule has 0 spiro atoms. The van der Waals surface area contributed by atoms with E-state index in [9.17, 15) is 8.78 Å². The molecule has 0 radical (unpaired) electrons. The van der Waals surface area contributed by atoms with E-state index < -0.39 is 11.6 Å². The van der Waals surface area contributed by atoms with Crippen molar-refractivity contribution in [3.05, 3.63) is 70.3 Å². The number of fused-ring (bicyclic) bond motifs is 1. The Morgan fingerprint density at radius 1 is 1.00 bits per heavy atom. The Labute approximate surface area is 118 Å². The molecule has 1 aliphatic rings. The van der Waals surface area contributed by atoms with Gasteiger partial charge in [-0.3, -0.25) is 0 Å². The van der Waals surface area contributed by atoms with Gasteiger partial charge in [0, 0.05) is 5.56 Å². The van der Waals surface area contributed by atoms with Crippen LogP contribution in [0.1, 0.15) is 27.1 Å². The number of ether oxygens (including phenoxy) is 1. The van der Waals surface area contributed by atoms with Crippen molar-refractivity contribution in [2.75, 3.05) is 0 Å². The summed E-state index contributed by atoms with van der Waals surface area (Å²) in [7, 11) is 0. The van der Waals surface area contributed by atoms with Crippen molar-refractivity contribution in [2.24, 2.45) is 0 Å². The minimum absolute atomic E-state index is 0.305. The molecule has 1 aliphatic heterocycles. The van der Waals surface area contributed by atoms with Crippen LogP contribution in [0.2, 0.25) is 0 Å². The van der Waals surface area contributed by atoms with Crippen LogP contribution < -0.4 is 0 Å². The maximum absolute atomic E-state index is 13.8. The lowest BCUT2D eigenvalue weighted by Gasteiger charge is -2.13. The van der Waals surface area contributed by atoms with Crippen LogP contribution in [0.4, 0.5) is 8.78 Å². The number of rotatable bonds is 2. The van der Waals surface area contributed by atoms with E-state index in [1.54, 1.807) is 0 Å². The molecule has 0 bridgehead atoms. The highest BCUT2D eigenvalue weighted by molar-refractivity contribution is 9.09. The average molecular weight is 325 g/mol. The molecule has 1 nitrogen and oxygen atoms in total. The van der Waals surface area contributed by atoms with Gasteiger partial charge in [0.25, 0.3) is 0 Å². The maximum atomic E-state index is 13.8. The summed E-state index contributed by atoms with van der Waals surface area (Å²) >= 11 is 3.44. The van der Waals surface area contributed by atoms with Gasteiger partial charge in [-0.15, -0.1) is 0 Å². The molecule has 0 aliphatic carbocycles. The van der Waals surface area contributed by atoms with Crippen molar-refractivity contribution in [1.82, 2.24) is 0 Å². The van der Waals surface area contributed by atoms with Crippen molar-refractivity contribution in [1.29, 1.82) is 0 Å². The van der Waals surface area contributed by atoms with Crippen molar-refractivity contribution < 1.29 is 13.5 Å². The van der Waals surface area contributed by atoms with Crippen LogP contribution in [0.5, 0.6) is 0 Å². The summed E-state index contributed by atoms with van der Waals surface area (Å²) in [5.74, 6) is -0.856. The summed E-state index contributed by atoms with van der Waals surface area (Å²) in [4.78, 5) is -0.367. The molecule has 2 aromatic carbocycles. The molecule has 0 aromatic heterocycles. The smallest absolute Gasteiger partial charge is 0.128 e. The molecule has 0 saturated carbocycles. The van der Waals surface area contributed by atoms with Crippen molar-refractivity contribution in [3.8, 4) is 0 Å². The van der Waals surface area contributed by atoms with E-state index in [1.165, 1.54) is 6.07 Å². The van der Waals surface area contributed by atoms with Crippen LogP contribution in [0, 0.1) is 11.6 Å². The first kappa shape index (κ1) is 12.8. The molecule has 1 atom stereocenters. The van der Waals surface area contributed by atoms with Gasteiger partial charge in [-0.1, -0.05) is 34.1 Å². The lowest BCUT2D eigenvalue weighted by Crippen LogP contribution is -1.99. The van der Waals surface area contributed by atoms with Crippen molar-refractivity contribution >= 4 is 15.9 Å². The zero-order chi connectivity index (χ0) is 13.4. The highest BCUT2D eigenvalue weighted by Crippen LogP contribution is 2.34. The number of benzene rings is 2. The molecule has 1 heterocycles. The third-order valence-corrected chi connectivity index (χ3v) is 4.29. The summed E-state index contributed by atoms with van der Waals surface area (Å²) in [6, 6.07) is 9.36. The normalized spacial score (nSPS) is 15.3. The Balaban J connectivity index is 1.99. The predicted molar refractivity (Wildman–Crippen MR) is 72.1 cm³/mol. The molecule has 19 heavy (non-hydrogen) atoms. The fourth-order valence-corrected chi connectivity index (χ4v) is 2.87. The summed E-state index contributed by atoms with van der Waals surface area (Å²) in [6.45, 7) is 1.20. The fourth-order valence-electron chi connectivity index (χ4n) is 2.24. The van der Waals surface area contributed by atoms with Crippen LogP contribution >= 0.6 is 15.9 Å². The standard InChI is InChI=1S/C15H11BrF2O/c16-15(13-6-12(17)3-4-14(13)18)9-1-2-10-7-19-8-11(10)5-9/h1-6,15H,7-8H2. The quantitative estimate of drug-likeness (QED) is 0.740. The molecular weight excluding hydrogens is 314 g/mol. The Morgan fingerprint density at radius 3 is 2.63 bits per heavy atom. The predicted octanol–water partition coefficient (Wildman–Crippen LogP) is 4.48. The van der Waals surface area contributed by atoms with E-state index >= 15 is 0 Å². The van der Waals surface area contributed by atoms with Gasteiger partial charge in [0.15, 0.2) is 0 Å². The van der Waals surface area contributed by atoms with Crippen LogP contribution in [0.25, 0.3) is 0 Å². The van der Waals surface area contributed by atoms with Crippen LogP contribution in [0.3, 0.4) is 0 Å². The highest BCUT2D eigenvalue weighted by atomic mass is 79.9. The molecule has 0 amide bonds. The molecule has 3 rings (SSSR count). The Kier molecular flexibility index (Phi) is 3.37. The molecule has 0 N–H and O–H groups in total. The van der Waals surface area contributed by atoms with Crippen LogP contribution in [0.15, 0.2) is 36.4 Å². The average Bonchev–Trinajstić information content (AvgIpc) is 2.88. The second-order valence-electron chi connectivity index (χ2n) is 4.55. The molecule has 4 heteroatoms. The fraction of sp³-hybridized carbons (Fsp3) is 0.200. The van der Waals surface area contributed by atoms with E-state index in [0.29, 0.717) is 18.8 Å². The monoisotopic (exact) mass is 324 g/mol. The molecule has 0 fully saturated rings. The first-order chi connectivity index (χ1) is 9.15. The Hall–Kier alpha value is -1.26. The topological polar surface area (TPSA) is 9.23 Å². The third kappa shape index (κ3) is 2.42. The minimum Gasteiger partial charge on any atom is -0.372 e. The van der Waals surface area contributed by atoms with Gasteiger partial charge in [-0.25, -0.2) is 8.78 Å². The lowest BCUT2D eigenvalue weighted by molar-refractivity contribution is 0.134. The van der Waals surface area contributed by atoms with Crippen molar-refractivity contribution in [3.63, 3.8) is 0 Å². The van der Waals surface area contributed by atoms with Crippen LogP contribution in [-0.4, -0.2) is 0 Å². The van der Waals surface area contributed by atoms with Crippen molar-refractivity contribution in [2.45, 2.75) is 18.0 Å². The van der Waals surface area contributed by atoms with Gasteiger partial charge in [-0.2, -0.15) is 0 Å². The first-order valence-corrected chi connectivity index (χ1v) is 6.85. The lowest BCUT2D eigenvalue weighted by atomic mass is 10.00. The van der Waals surface area contributed by atoms with Gasteiger partial charge >= 0.3 is 0 Å². The molecular formula is C15H11BrF2O. The van der Waals surface area contributed by atoms with E-state index in [4.69, 9.17) is 4.74 Å². The summed E-state index contributed by atoms with van der Waals surface area (Å²) < 4.78 is 32.3. The van der Waals surface area contributed by atoms with Gasteiger partial charge < -0.3 is 4.74 Å². The third-order valence-electron chi connectivity index (χ3n) is 3.27. The largest absolute Gasteiger partial charge is 0.372 e. The van der Waals surface area contributed by atoms with Gasteiger partial charge in [0.05, 0.1) is 18.0 Å². The number of halogens is 3. The van der Waals surface area contributed by atoms with E-state index in [2.05, 4.69) is 15.9 Å². The van der Waals surface area contributed by atoms with Crippen LogP contribution in [-0.2, 0) is 18.0 Å². The van der Waals surface area contributed by atoms with Gasteiger partial charge in [0.1, 0.15) is 11.6 Å². The number of hydrogen-bond donors (Lipinski definition) is 0. The Morgan fingerprint density at radius 2 is 1.79 bits per heavy atom. The second-order valence-corrected chi connectivity index (χ2v) is 5.47. The van der Waals surface area contributed by atoms with E-state index in [0.717, 1.165) is 28.8 Å². The van der Waals surface area contributed by atoms with Gasteiger partial charge in [0.2, 0.25) is 0 Å². The molecule has 0 saturated heterocycles.